The number of ether oxygens (including phenoxy) is 2. The lowest BCUT2D eigenvalue weighted by Gasteiger charge is -2.09. The summed E-state index contributed by atoms with van der Waals surface area (Å²) in [6.07, 6.45) is 1.49. The molecule has 0 fully saturated rings. The SMILES string of the molecule is O=S(=O)(Nc1ccc2c(c1)OCO2)c1c(Cl)nc2cc(Cl)ccn12. The van der Waals surface area contributed by atoms with Crippen LogP contribution in [0.2, 0.25) is 10.2 Å². The molecule has 0 bridgehead atoms. The second-order valence-corrected chi connectivity index (χ2v) is 7.35. The van der Waals surface area contributed by atoms with Crippen LogP contribution in [-0.2, 0) is 10.0 Å². The Morgan fingerprint density at radius 1 is 1.12 bits per heavy atom. The van der Waals surface area contributed by atoms with Crippen molar-refractivity contribution in [3.8, 4) is 11.5 Å². The van der Waals surface area contributed by atoms with Gasteiger partial charge in [0.1, 0.15) is 5.65 Å². The Hall–Kier alpha value is -2.16. The third-order valence-corrected chi connectivity index (χ3v) is 5.40. The standard InChI is InChI=1S/C14H9Cl2N3O4S/c15-8-3-4-19-12(5-8)17-13(16)14(19)24(20,21)18-9-1-2-10-11(6-9)23-7-22-10/h1-6,18H,7H2. The van der Waals surface area contributed by atoms with Crippen molar-refractivity contribution in [2.45, 2.75) is 5.03 Å². The quantitative estimate of drug-likeness (QED) is 0.748. The lowest BCUT2D eigenvalue weighted by atomic mass is 10.3. The van der Waals surface area contributed by atoms with E-state index < -0.39 is 10.0 Å². The summed E-state index contributed by atoms with van der Waals surface area (Å²) >= 11 is 11.9. The molecular formula is C14H9Cl2N3O4S. The van der Waals surface area contributed by atoms with Gasteiger partial charge in [0, 0.05) is 23.4 Å². The Morgan fingerprint density at radius 3 is 2.75 bits per heavy atom. The Labute approximate surface area is 146 Å². The summed E-state index contributed by atoms with van der Waals surface area (Å²) in [4.78, 5) is 4.02. The van der Waals surface area contributed by atoms with E-state index in [1.54, 1.807) is 18.2 Å². The summed E-state index contributed by atoms with van der Waals surface area (Å²) in [5, 5.41) is 0.107. The zero-order valence-electron chi connectivity index (χ0n) is 11.9. The molecule has 0 aliphatic carbocycles. The summed E-state index contributed by atoms with van der Waals surface area (Å²) < 4.78 is 39.7. The molecule has 0 radical (unpaired) electrons. The lowest BCUT2D eigenvalue weighted by molar-refractivity contribution is 0.174. The zero-order valence-corrected chi connectivity index (χ0v) is 14.2. The van der Waals surface area contributed by atoms with Crippen molar-refractivity contribution >= 4 is 44.6 Å². The molecule has 1 aromatic carbocycles. The van der Waals surface area contributed by atoms with E-state index in [4.69, 9.17) is 32.7 Å². The van der Waals surface area contributed by atoms with E-state index in [1.807, 2.05) is 0 Å². The van der Waals surface area contributed by atoms with Crippen LogP contribution in [-0.4, -0.2) is 24.6 Å². The third-order valence-electron chi connectivity index (χ3n) is 3.38. The van der Waals surface area contributed by atoms with Gasteiger partial charge in [-0.1, -0.05) is 23.2 Å². The van der Waals surface area contributed by atoms with Crippen molar-refractivity contribution in [2.75, 3.05) is 11.5 Å². The van der Waals surface area contributed by atoms with Crippen LogP contribution >= 0.6 is 23.2 Å². The van der Waals surface area contributed by atoms with Gasteiger partial charge in [0.2, 0.25) is 6.79 Å². The molecule has 0 atom stereocenters. The minimum absolute atomic E-state index is 0.103. The van der Waals surface area contributed by atoms with Gasteiger partial charge in [-0.3, -0.25) is 9.12 Å². The minimum Gasteiger partial charge on any atom is -0.454 e. The molecule has 1 aliphatic heterocycles. The first kappa shape index (κ1) is 15.4. The van der Waals surface area contributed by atoms with Gasteiger partial charge in [-0.05, 0) is 18.2 Å². The summed E-state index contributed by atoms with van der Waals surface area (Å²) in [5.74, 6) is 1.02. The first-order valence-electron chi connectivity index (χ1n) is 6.70. The Balaban J connectivity index is 1.77. The summed E-state index contributed by atoms with van der Waals surface area (Å²) in [6.45, 7) is 0.103. The predicted molar refractivity (Wildman–Crippen MR) is 88.6 cm³/mol. The van der Waals surface area contributed by atoms with Gasteiger partial charge < -0.3 is 9.47 Å². The fourth-order valence-corrected chi connectivity index (χ4v) is 4.22. The van der Waals surface area contributed by atoms with Crippen molar-refractivity contribution < 1.29 is 17.9 Å². The fourth-order valence-electron chi connectivity index (χ4n) is 2.37. The third kappa shape index (κ3) is 2.52. The second-order valence-electron chi connectivity index (χ2n) is 4.95. The second kappa shape index (κ2) is 5.44. The number of pyridine rings is 1. The lowest BCUT2D eigenvalue weighted by Crippen LogP contribution is -2.15. The number of halogens is 2. The number of benzene rings is 1. The number of hydrogen-bond donors (Lipinski definition) is 1. The van der Waals surface area contributed by atoms with Crippen LogP contribution in [0.5, 0.6) is 11.5 Å². The molecular weight excluding hydrogens is 377 g/mol. The molecule has 0 saturated carbocycles. The van der Waals surface area contributed by atoms with Crippen LogP contribution in [0.15, 0.2) is 41.6 Å². The average molecular weight is 386 g/mol. The van der Waals surface area contributed by atoms with E-state index in [0.717, 1.165) is 0 Å². The van der Waals surface area contributed by atoms with Gasteiger partial charge in [0.15, 0.2) is 21.7 Å². The molecule has 3 aromatic rings. The highest BCUT2D eigenvalue weighted by molar-refractivity contribution is 7.92. The van der Waals surface area contributed by atoms with E-state index in [0.29, 0.717) is 27.9 Å². The summed E-state index contributed by atoms with van der Waals surface area (Å²) in [5.41, 5.74) is 0.651. The van der Waals surface area contributed by atoms with Crippen LogP contribution in [0.3, 0.4) is 0 Å². The van der Waals surface area contributed by atoms with Gasteiger partial charge in [-0.2, -0.15) is 8.42 Å². The monoisotopic (exact) mass is 385 g/mol. The highest BCUT2D eigenvalue weighted by atomic mass is 35.5. The van der Waals surface area contributed by atoms with Crippen molar-refractivity contribution in [2.24, 2.45) is 0 Å². The van der Waals surface area contributed by atoms with Crippen molar-refractivity contribution in [3.63, 3.8) is 0 Å². The van der Waals surface area contributed by atoms with Gasteiger partial charge in [0.25, 0.3) is 10.0 Å². The van der Waals surface area contributed by atoms with Crippen molar-refractivity contribution in [1.82, 2.24) is 9.38 Å². The van der Waals surface area contributed by atoms with Gasteiger partial charge >= 0.3 is 0 Å². The van der Waals surface area contributed by atoms with Crippen LogP contribution in [0.1, 0.15) is 0 Å². The zero-order chi connectivity index (χ0) is 16.9. The number of fused-ring (bicyclic) bond motifs is 2. The first-order valence-corrected chi connectivity index (χ1v) is 8.93. The van der Waals surface area contributed by atoms with E-state index in [2.05, 4.69) is 9.71 Å². The number of aromatic nitrogens is 2. The number of sulfonamides is 1. The van der Waals surface area contributed by atoms with Crippen molar-refractivity contribution in [1.29, 1.82) is 0 Å². The molecule has 1 N–H and O–H groups in total. The van der Waals surface area contributed by atoms with Crippen LogP contribution in [0.4, 0.5) is 5.69 Å². The summed E-state index contributed by atoms with van der Waals surface area (Å²) in [6, 6.07) is 7.79. The van der Waals surface area contributed by atoms with Gasteiger partial charge in [-0.15, -0.1) is 0 Å². The maximum atomic E-state index is 12.7. The fraction of sp³-hybridized carbons (Fsp3) is 0.0714. The smallest absolute Gasteiger partial charge is 0.281 e. The minimum atomic E-state index is -3.98. The normalized spacial score (nSPS) is 13.4. The molecule has 124 valence electrons. The molecule has 24 heavy (non-hydrogen) atoms. The van der Waals surface area contributed by atoms with E-state index in [-0.39, 0.29) is 17.0 Å². The molecule has 1 aliphatic rings. The maximum Gasteiger partial charge on any atom is 0.281 e. The Morgan fingerprint density at radius 2 is 1.92 bits per heavy atom. The number of anilines is 1. The highest BCUT2D eigenvalue weighted by Crippen LogP contribution is 2.35. The predicted octanol–water partition coefficient (Wildman–Crippen LogP) is 3.17. The summed E-state index contributed by atoms with van der Waals surface area (Å²) in [7, 11) is -3.98. The van der Waals surface area contributed by atoms with Crippen LogP contribution in [0.25, 0.3) is 5.65 Å². The number of nitrogens with one attached hydrogen (secondary N) is 1. The number of nitrogens with zero attached hydrogens (tertiary/aromatic N) is 2. The first-order chi connectivity index (χ1) is 11.4. The largest absolute Gasteiger partial charge is 0.454 e. The molecule has 7 nitrogen and oxygen atoms in total. The molecule has 4 rings (SSSR count). The van der Waals surface area contributed by atoms with E-state index in [1.165, 1.54) is 22.7 Å². The average Bonchev–Trinajstić information content (AvgIpc) is 3.09. The van der Waals surface area contributed by atoms with E-state index >= 15 is 0 Å². The highest BCUT2D eigenvalue weighted by Gasteiger charge is 2.25. The molecule has 0 saturated heterocycles. The van der Waals surface area contributed by atoms with Gasteiger partial charge in [-0.25, -0.2) is 4.98 Å². The van der Waals surface area contributed by atoms with E-state index in [9.17, 15) is 8.42 Å². The maximum absolute atomic E-state index is 12.7. The van der Waals surface area contributed by atoms with Crippen LogP contribution in [0, 0.1) is 0 Å². The molecule has 0 amide bonds. The molecule has 2 aromatic heterocycles. The Bertz CT molecular complexity index is 1070. The molecule has 3 heterocycles. The molecule has 10 heteroatoms. The number of imidazole rings is 1. The molecule has 0 unspecified atom stereocenters. The van der Waals surface area contributed by atoms with Crippen molar-refractivity contribution in [3.05, 3.63) is 46.7 Å². The number of hydrogen-bond acceptors (Lipinski definition) is 5. The molecule has 0 spiro atoms. The van der Waals surface area contributed by atoms with Gasteiger partial charge in [0.05, 0.1) is 5.69 Å². The Kier molecular flexibility index (Phi) is 3.48. The van der Waals surface area contributed by atoms with Crippen LogP contribution < -0.4 is 14.2 Å². The topological polar surface area (TPSA) is 81.9 Å². The number of rotatable bonds is 3.